The maximum absolute atomic E-state index is 11.5. The van der Waals surface area contributed by atoms with Gasteiger partial charge < -0.3 is 15.5 Å². The molecule has 0 spiro atoms. The van der Waals surface area contributed by atoms with Crippen molar-refractivity contribution < 1.29 is 14.0 Å². The molecule has 0 saturated carbocycles. The summed E-state index contributed by atoms with van der Waals surface area (Å²) in [5, 5.41) is 10.6. The van der Waals surface area contributed by atoms with E-state index in [0.717, 1.165) is 17.3 Å². The Balaban J connectivity index is 1.95. The van der Waals surface area contributed by atoms with Gasteiger partial charge in [0.05, 0.1) is 12.3 Å². The van der Waals surface area contributed by atoms with Crippen LogP contribution < -0.4 is 11.1 Å². The van der Waals surface area contributed by atoms with E-state index in [-0.39, 0.29) is 23.6 Å². The molecule has 0 radical (unpaired) electrons. The van der Waals surface area contributed by atoms with Gasteiger partial charge in [-0.3, -0.25) is 9.59 Å². The topological polar surface area (TPSA) is 111 Å². The molecule has 0 saturated heterocycles. The van der Waals surface area contributed by atoms with E-state index in [4.69, 9.17) is 10.2 Å². The molecule has 0 aliphatic carbocycles. The standard InChI is InChI=1S/C16H20N4O3S/c1-16(2,3)11-6-4-10(5-7-11)14-19-20-15(23-14)24-9-13(22)18-8-12(17)21/h4-7H,8-9H2,1-3H3,(H2,17,21)(H,18,22). The minimum Gasteiger partial charge on any atom is -0.411 e. The number of nitrogens with zero attached hydrogens (tertiary/aromatic N) is 2. The fourth-order valence-electron chi connectivity index (χ4n) is 1.86. The third-order valence-corrected chi connectivity index (χ3v) is 4.01. The van der Waals surface area contributed by atoms with E-state index in [1.54, 1.807) is 0 Å². The molecule has 0 aliphatic heterocycles. The number of primary amides is 1. The van der Waals surface area contributed by atoms with Crippen molar-refractivity contribution in [2.45, 2.75) is 31.4 Å². The van der Waals surface area contributed by atoms with E-state index in [1.165, 1.54) is 5.56 Å². The van der Waals surface area contributed by atoms with Crippen LogP contribution in [0, 0.1) is 0 Å². The number of amides is 2. The fourth-order valence-corrected chi connectivity index (χ4v) is 2.45. The Morgan fingerprint density at radius 2 is 1.88 bits per heavy atom. The van der Waals surface area contributed by atoms with Crippen molar-refractivity contribution in [3.8, 4) is 11.5 Å². The van der Waals surface area contributed by atoms with Crippen LogP contribution in [0.15, 0.2) is 33.9 Å². The highest BCUT2D eigenvalue weighted by Gasteiger charge is 2.15. The van der Waals surface area contributed by atoms with Gasteiger partial charge in [-0.05, 0) is 23.1 Å². The molecule has 8 heteroatoms. The van der Waals surface area contributed by atoms with Crippen molar-refractivity contribution in [3.63, 3.8) is 0 Å². The molecule has 2 rings (SSSR count). The molecule has 0 unspecified atom stereocenters. The maximum atomic E-state index is 11.5. The van der Waals surface area contributed by atoms with Crippen molar-refractivity contribution in [1.82, 2.24) is 15.5 Å². The first-order valence-corrected chi connectivity index (χ1v) is 8.36. The van der Waals surface area contributed by atoms with Crippen LogP contribution in [0.4, 0.5) is 0 Å². The van der Waals surface area contributed by atoms with Crippen LogP contribution in [0.5, 0.6) is 0 Å². The van der Waals surface area contributed by atoms with Gasteiger partial charge in [-0.15, -0.1) is 10.2 Å². The number of thioether (sulfide) groups is 1. The molecule has 1 aromatic heterocycles. The zero-order chi connectivity index (χ0) is 17.7. The van der Waals surface area contributed by atoms with E-state index in [1.807, 2.05) is 24.3 Å². The minimum atomic E-state index is -0.591. The Kier molecular flexibility index (Phi) is 5.61. The smallest absolute Gasteiger partial charge is 0.277 e. The predicted octanol–water partition coefficient (Wildman–Crippen LogP) is 1.73. The highest BCUT2D eigenvalue weighted by Crippen LogP contribution is 2.27. The van der Waals surface area contributed by atoms with Crippen molar-refractivity contribution in [2.24, 2.45) is 5.73 Å². The average molecular weight is 348 g/mol. The molecule has 2 aromatic rings. The number of nitrogens with two attached hydrogens (primary N) is 1. The van der Waals surface area contributed by atoms with Crippen molar-refractivity contribution in [2.75, 3.05) is 12.3 Å². The Morgan fingerprint density at radius 1 is 1.21 bits per heavy atom. The Hall–Kier alpha value is -2.35. The summed E-state index contributed by atoms with van der Waals surface area (Å²) in [5.74, 6) is -0.451. The van der Waals surface area contributed by atoms with Crippen molar-refractivity contribution >= 4 is 23.6 Å². The van der Waals surface area contributed by atoms with Crippen LogP contribution in [-0.2, 0) is 15.0 Å². The van der Waals surface area contributed by atoms with E-state index < -0.39 is 5.91 Å². The fraction of sp³-hybridized carbons (Fsp3) is 0.375. The monoisotopic (exact) mass is 348 g/mol. The van der Waals surface area contributed by atoms with Crippen LogP contribution in [-0.4, -0.2) is 34.3 Å². The van der Waals surface area contributed by atoms with Gasteiger partial charge in [-0.1, -0.05) is 44.7 Å². The lowest BCUT2D eigenvalue weighted by atomic mass is 9.87. The molecule has 2 amide bonds. The number of hydrogen-bond donors (Lipinski definition) is 2. The Labute approximate surface area is 144 Å². The summed E-state index contributed by atoms with van der Waals surface area (Å²) in [7, 11) is 0. The lowest BCUT2D eigenvalue weighted by molar-refractivity contribution is -0.123. The molecule has 1 aromatic carbocycles. The first-order valence-electron chi connectivity index (χ1n) is 7.38. The van der Waals surface area contributed by atoms with Crippen LogP contribution in [0.3, 0.4) is 0 Å². The third kappa shape index (κ3) is 5.09. The lowest BCUT2D eigenvalue weighted by Gasteiger charge is -2.18. The lowest BCUT2D eigenvalue weighted by Crippen LogP contribution is -2.34. The Bertz CT molecular complexity index is 720. The van der Waals surface area contributed by atoms with Gasteiger partial charge in [0.15, 0.2) is 0 Å². The summed E-state index contributed by atoms with van der Waals surface area (Å²) in [6.07, 6.45) is 0. The van der Waals surface area contributed by atoms with Crippen molar-refractivity contribution in [3.05, 3.63) is 29.8 Å². The average Bonchev–Trinajstić information content (AvgIpc) is 2.99. The van der Waals surface area contributed by atoms with Crippen LogP contribution in [0.1, 0.15) is 26.3 Å². The van der Waals surface area contributed by atoms with Crippen LogP contribution in [0.2, 0.25) is 0 Å². The van der Waals surface area contributed by atoms with E-state index in [9.17, 15) is 9.59 Å². The summed E-state index contributed by atoms with van der Waals surface area (Å²) < 4.78 is 5.54. The van der Waals surface area contributed by atoms with Crippen LogP contribution >= 0.6 is 11.8 Å². The summed E-state index contributed by atoms with van der Waals surface area (Å²) in [4.78, 5) is 22.1. The van der Waals surface area contributed by atoms with Gasteiger partial charge >= 0.3 is 0 Å². The number of rotatable bonds is 6. The normalized spacial score (nSPS) is 11.3. The zero-order valence-corrected chi connectivity index (χ0v) is 14.6. The summed E-state index contributed by atoms with van der Waals surface area (Å²) >= 11 is 1.10. The number of hydrogen-bond acceptors (Lipinski definition) is 6. The van der Waals surface area contributed by atoms with Gasteiger partial charge in [0, 0.05) is 5.56 Å². The first kappa shape index (κ1) is 18.0. The van der Waals surface area contributed by atoms with Crippen molar-refractivity contribution in [1.29, 1.82) is 0 Å². The quantitative estimate of drug-likeness (QED) is 0.769. The molecule has 128 valence electrons. The molecule has 1 heterocycles. The molecular formula is C16H20N4O3S. The van der Waals surface area contributed by atoms with Crippen LogP contribution in [0.25, 0.3) is 11.5 Å². The maximum Gasteiger partial charge on any atom is 0.277 e. The molecule has 0 bridgehead atoms. The van der Waals surface area contributed by atoms with Gasteiger partial charge in [0.2, 0.25) is 17.7 Å². The first-order chi connectivity index (χ1) is 11.3. The predicted molar refractivity (Wildman–Crippen MR) is 91.4 cm³/mol. The number of nitrogens with one attached hydrogen (secondary N) is 1. The molecule has 0 aliphatic rings. The van der Waals surface area contributed by atoms with E-state index in [0.29, 0.717) is 11.1 Å². The Morgan fingerprint density at radius 3 is 2.46 bits per heavy atom. The van der Waals surface area contributed by atoms with Gasteiger partial charge in [-0.25, -0.2) is 0 Å². The van der Waals surface area contributed by atoms with Gasteiger partial charge in [-0.2, -0.15) is 0 Å². The summed E-state index contributed by atoms with van der Waals surface area (Å²) in [6.45, 7) is 6.25. The third-order valence-electron chi connectivity index (χ3n) is 3.19. The highest BCUT2D eigenvalue weighted by molar-refractivity contribution is 7.99. The molecule has 0 atom stereocenters. The second kappa shape index (κ2) is 7.48. The molecule has 7 nitrogen and oxygen atoms in total. The molecular weight excluding hydrogens is 328 g/mol. The zero-order valence-electron chi connectivity index (χ0n) is 13.8. The number of benzene rings is 1. The molecule has 24 heavy (non-hydrogen) atoms. The minimum absolute atomic E-state index is 0.0673. The van der Waals surface area contributed by atoms with E-state index in [2.05, 4.69) is 36.3 Å². The largest absolute Gasteiger partial charge is 0.411 e. The summed E-state index contributed by atoms with van der Waals surface area (Å²) in [6, 6.07) is 7.93. The molecule has 3 N–H and O–H groups in total. The van der Waals surface area contributed by atoms with Gasteiger partial charge in [0.25, 0.3) is 5.22 Å². The second-order valence-electron chi connectivity index (χ2n) is 6.23. The SMILES string of the molecule is CC(C)(C)c1ccc(-c2nnc(SCC(=O)NCC(N)=O)o2)cc1. The molecule has 0 fully saturated rings. The number of carbonyl (C=O) groups is 2. The highest BCUT2D eigenvalue weighted by atomic mass is 32.2. The van der Waals surface area contributed by atoms with E-state index >= 15 is 0 Å². The van der Waals surface area contributed by atoms with Gasteiger partial charge in [0.1, 0.15) is 0 Å². The number of aromatic nitrogens is 2. The number of carbonyl (C=O) groups excluding carboxylic acids is 2. The summed E-state index contributed by atoms with van der Waals surface area (Å²) in [5.41, 5.74) is 7.06. The second-order valence-corrected chi connectivity index (χ2v) is 7.16.